The molecule has 0 amide bonds. The summed E-state index contributed by atoms with van der Waals surface area (Å²) in [4.78, 5) is 4.29. The molecule has 0 saturated heterocycles. The van der Waals surface area contributed by atoms with Gasteiger partial charge in [-0.3, -0.25) is 0 Å². The van der Waals surface area contributed by atoms with Crippen LogP contribution in [0.5, 0.6) is 0 Å². The van der Waals surface area contributed by atoms with Crippen molar-refractivity contribution >= 4 is 33.2 Å². The highest BCUT2D eigenvalue weighted by Crippen LogP contribution is 2.24. The third-order valence-corrected chi connectivity index (χ3v) is 5.53. The Hall–Kier alpha value is -1.93. The van der Waals surface area contributed by atoms with E-state index < -0.39 is 10.0 Å². The third kappa shape index (κ3) is 4.38. The SMILES string of the molecule is O=S(=O)(NCCc1nc(-c2ccccc2)no1)c1ccc(Cl)c(Cl)c1. The molecule has 0 unspecified atom stereocenters. The average molecular weight is 398 g/mol. The van der Waals surface area contributed by atoms with Crippen LogP contribution in [-0.2, 0) is 16.4 Å². The van der Waals surface area contributed by atoms with Gasteiger partial charge in [0.2, 0.25) is 21.7 Å². The minimum Gasteiger partial charge on any atom is -0.339 e. The average Bonchev–Trinajstić information content (AvgIpc) is 3.07. The first-order valence-electron chi connectivity index (χ1n) is 7.28. The molecule has 0 bridgehead atoms. The second-order valence-corrected chi connectivity index (χ2v) is 7.68. The Morgan fingerprint density at radius 2 is 1.80 bits per heavy atom. The zero-order valence-electron chi connectivity index (χ0n) is 12.8. The van der Waals surface area contributed by atoms with Crippen LogP contribution in [0.15, 0.2) is 57.9 Å². The van der Waals surface area contributed by atoms with Crippen LogP contribution < -0.4 is 4.72 Å². The van der Waals surface area contributed by atoms with Gasteiger partial charge in [0.05, 0.1) is 14.9 Å². The lowest BCUT2D eigenvalue weighted by Gasteiger charge is -2.06. The first-order chi connectivity index (χ1) is 12.0. The molecule has 0 spiro atoms. The maximum Gasteiger partial charge on any atom is 0.240 e. The number of nitrogens with zero attached hydrogens (tertiary/aromatic N) is 2. The summed E-state index contributed by atoms with van der Waals surface area (Å²) in [6.45, 7) is 0.110. The lowest BCUT2D eigenvalue weighted by molar-refractivity contribution is 0.379. The Kier molecular flexibility index (Phi) is 5.39. The summed E-state index contributed by atoms with van der Waals surface area (Å²) < 4.78 is 32.1. The predicted molar refractivity (Wildman–Crippen MR) is 95.1 cm³/mol. The summed E-state index contributed by atoms with van der Waals surface area (Å²) in [7, 11) is -3.70. The highest BCUT2D eigenvalue weighted by molar-refractivity contribution is 7.89. The summed E-state index contributed by atoms with van der Waals surface area (Å²) in [6, 6.07) is 13.5. The molecule has 0 aliphatic carbocycles. The molecular formula is C16H13Cl2N3O3S. The molecule has 1 N–H and O–H groups in total. The minimum atomic E-state index is -3.70. The van der Waals surface area contributed by atoms with E-state index in [1.54, 1.807) is 0 Å². The molecule has 130 valence electrons. The van der Waals surface area contributed by atoms with Crippen LogP contribution in [0.2, 0.25) is 10.0 Å². The summed E-state index contributed by atoms with van der Waals surface area (Å²) >= 11 is 11.6. The van der Waals surface area contributed by atoms with Gasteiger partial charge in [-0.2, -0.15) is 4.98 Å². The minimum absolute atomic E-state index is 0.0393. The van der Waals surface area contributed by atoms with Crippen LogP contribution in [-0.4, -0.2) is 25.1 Å². The van der Waals surface area contributed by atoms with E-state index >= 15 is 0 Å². The molecule has 6 nitrogen and oxygen atoms in total. The van der Waals surface area contributed by atoms with Gasteiger partial charge in [0.25, 0.3) is 0 Å². The van der Waals surface area contributed by atoms with Gasteiger partial charge in [-0.25, -0.2) is 13.1 Å². The summed E-state index contributed by atoms with van der Waals surface area (Å²) in [5.74, 6) is 0.804. The Morgan fingerprint density at radius 3 is 2.52 bits per heavy atom. The fourth-order valence-electron chi connectivity index (χ4n) is 2.08. The molecule has 0 aliphatic heterocycles. The standard InChI is InChI=1S/C16H13Cl2N3O3S/c17-13-7-6-12(10-14(13)18)25(22,23)19-9-8-15-20-16(21-24-15)11-4-2-1-3-5-11/h1-7,10,19H,8-9H2. The highest BCUT2D eigenvalue weighted by Gasteiger charge is 2.16. The van der Waals surface area contributed by atoms with E-state index in [4.69, 9.17) is 27.7 Å². The van der Waals surface area contributed by atoms with Crippen molar-refractivity contribution in [1.29, 1.82) is 0 Å². The smallest absolute Gasteiger partial charge is 0.240 e. The number of hydrogen-bond donors (Lipinski definition) is 1. The van der Waals surface area contributed by atoms with Crippen molar-refractivity contribution in [3.8, 4) is 11.4 Å². The van der Waals surface area contributed by atoms with Crippen molar-refractivity contribution in [1.82, 2.24) is 14.9 Å². The number of benzene rings is 2. The third-order valence-electron chi connectivity index (χ3n) is 3.33. The maximum atomic E-state index is 12.2. The van der Waals surface area contributed by atoms with Gasteiger partial charge >= 0.3 is 0 Å². The van der Waals surface area contributed by atoms with E-state index in [2.05, 4.69) is 14.9 Å². The zero-order valence-corrected chi connectivity index (χ0v) is 15.1. The van der Waals surface area contributed by atoms with Crippen molar-refractivity contribution in [2.75, 3.05) is 6.54 Å². The van der Waals surface area contributed by atoms with Crippen molar-refractivity contribution < 1.29 is 12.9 Å². The van der Waals surface area contributed by atoms with E-state index in [1.807, 2.05) is 30.3 Å². The second kappa shape index (κ2) is 7.53. The molecular weight excluding hydrogens is 385 g/mol. The molecule has 0 saturated carbocycles. The molecule has 9 heteroatoms. The first kappa shape index (κ1) is 17.9. The fourth-order valence-corrected chi connectivity index (χ4v) is 3.50. The molecule has 1 heterocycles. The van der Waals surface area contributed by atoms with Crippen molar-refractivity contribution in [3.05, 3.63) is 64.5 Å². The quantitative estimate of drug-likeness (QED) is 0.686. The number of nitrogens with one attached hydrogen (secondary N) is 1. The lowest BCUT2D eigenvalue weighted by atomic mass is 10.2. The normalized spacial score (nSPS) is 11.6. The van der Waals surface area contributed by atoms with Crippen molar-refractivity contribution in [2.24, 2.45) is 0 Å². The number of aromatic nitrogens is 2. The summed E-state index contributed by atoms with van der Waals surface area (Å²) in [5, 5.41) is 4.35. The van der Waals surface area contributed by atoms with Gasteiger partial charge in [-0.05, 0) is 18.2 Å². The van der Waals surface area contributed by atoms with Crippen LogP contribution in [0.1, 0.15) is 5.89 Å². The molecule has 1 aromatic heterocycles. The van der Waals surface area contributed by atoms with E-state index in [9.17, 15) is 8.42 Å². The largest absolute Gasteiger partial charge is 0.339 e. The van der Waals surface area contributed by atoms with Gasteiger partial charge in [0, 0.05) is 18.5 Å². The van der Waals surface area contributed by atoms with E-state index in [0.717, 1.165) is 5.56 Å². The van der Waals surface area contributed by atoms with Gasteiger partial charge in [0.1, 0.15) is 0 Å². The molecule has 0 radical (unpaired) electrons. The zero-order chi connectivity index (χ0) is 17.9. The van der Waals surface area contributed by atoms with Gasteiger partial charge in [-0.1, -0.05) is 58.7 Å². The maximum absolute atomic E-state index is 12.2. The Balaban J connectivity index is 1.63. The number of sulfonamides is 1. The number of hydrogen-bond acceptors (Lipinski definition) is 5. The first-order valence-corrected chi connectivity index (χ1v) is 9.52. The molecule has 25 heavy (non-hydrogen) atoms. The number of rotatable bonds is 6. The van der Waals surface area contributed by atoms with Crippen LogP contribution in [0.25, 0.3) is 11.4 Å². The molecule has 2 aromatic carbocycles. The predicted octanol–water partition coefficient (Wildman–Crippen LogP) is 3.56. The monoisotopic (exact) mass is 397 g/mol. The van der Waals surface area contributed by atoms with Crippen LogP contribution in [0.4, 0.5) is 0 Å². The Labute approximate surface area is 154 Å². The van der Waals surface area contributed by atoms with Crippen LogP contribution >= 0.6 is 23.2 Å². The van der Waals surface area contributed by atoms with Crippen molar-refractivity contribution in [3.63, 3.8) is 0 Å². The van der Waals surface area contributed by atoms with E-state index in [0.29, 0.717) is 16.7 Å². The van der Waals surface area contributed by atoms with Gasteiger partial charge < -0.3 is 4.52 Å². The molecule has 3 aromatic rings. The van der Waals surface area contributed by atoms with Crippen molar-refractivity contribution in [2.45, 2.75) is 11.3 Å². The highest BCUT2D eigenvalue weighted by atomic mass is 35.5. The van der Waals surface area contributed by atoms with Crippen LogP contribution in [0.3, 0.4) is 0 Å². The van der Waals surface area contributed by atoms with Crippen LogP contribution in [0, 0.1) is 0 Å². The fraction of sp³-hybridized carbons (Fsp3) is 0.125. The topological polar surface area (TPSA) is 85.1 Å². The number of halogens is 2. The Morgan fingerprint density at radius 1 is 1.04 bits per heavy atom. The summed E-state index contributed by atoms with van der Waals surface area (Å²) in [5.41, 5.74) is 0.828. The molecule has 0 atom stereocenters. The van der Waals surface area contributed by atoms with Gasteiger partial charge in [-0.15, -0.1) is 0 Å². The van der Waals surface area contributed by atoms with E-state index in [-0.39, 0.29) is 22.9 Å². The molecule has 0 aliphatic rings. The lowest BCUT2D eigenvalue weighted by Crippen LogP contribution is -2.26. The van der Waals surface area contributed by atoms with Gasteiger partial charge in [0.15, 0.2) is 0 Å². The molecule has 0 fully saturated rings. The van der Waals surface area contributed by atoms with E-state index in [1.165, 1.54) is 18.2 Å². The second-order valence-electron chi connectivity index (χ2n) is 5.10. The molecule has 3 rings (SSSR count). The Bertz CT molecular complexity index is 975. The summed E-state index contributed by atoms with van der Waals surface area (Å²) in [6.07, 6.45) is 0.264.